The minimum atomic E-state index is -0.637. The van der Waals surface area contributed by atoms with Crippen molar-refractivity contribution >= 4 is 0 Å². The summed E-state index contributed by atoms with van der Waals surface area (Å²) in [5.41, 5.74) is 9.06. The molecule has 6 heteroatoms. The quantitative estimate of drug-likeness (QED) is 0.479. The zero-order valence-corrected chi connectivity index (χ0v) is 8.54. The molecule has 2 rings (SSSR count). The van der Waals surface area contributed by atoms with Crippen LogP contribution in [0.3, 0.4) is 0 Å². The van der Waals surface area contributed by atoms with Crippen LogP contribution < -0.4 is 9.47 Å². The number of rotatable bonds is 3. The molecule has 16 heavy (non-hydrogen) atoms. The third kappa shape index (κ3) is 1.88. The first kappa shape index (κ1) is 10.6. The van der Waals surface area contributed by atoms with Crippen molar-refractivity contribution in [1.82, 2.24) is 0 Å². The Balaban J connectivity index is 2.43. The molecule has 0 spiro atoms. The first-order chi connectivity index (χ1) is 7.86. The maximum Gasteiger partial charge on any atom is 0.165 e. The number of hydrogen-bond acceptors (Lipinski definition) is 4. The van der Waals surface area contributed by atoms with Crippen LogP contribution in [0.5, 0.6) is 11.5 Å². The lowest BCUT2D eigenvalue weighted by atomic mass is 10.1. The molecule has 1 atom stereocenters. The molecular formula is C10H11N3O3. The summed E-state index contributed by atoms with van der Waals surface area (Å²) in [6, 6.07) is 4.67. The lowest BCUT2D eigenvalue weighted by Crippen LogP contribution is -2.17. The summed E-state index contributed by atoms with van der Waals surface area (Å²) in [4.78, 5) is 2.70. The molecular weight excluding hydrogens is 210 g/mol. The molecule has 1 N–H and O–H groups in total. The molecule has 0 saturated heterocycles. The number of aliphatic hydroxyl groups is 1. The summed E-state index contributed by atoms with van der Waals surface area (Å²) < 4.78 is 10.9. The molecule has 0 aliphatic carbocycles. The van der Waals surface area contributed by atoms with Crippen LogP contribution in [0, 0.1) is 0 Å². The summed E-state index contributed by atoms with van der Waals surface area (Å²) in [5, 5.41) is 12.7. The second-order valence-electron chi connectivity index (χ2n) is 3.27. The van der Waals surface area contributed by atoms with Gasteiger partial charge in [-0.15, -0.1) is 0 Å². The number of aliphatic hydroxyl groups excluding tert-OH is 1. The summed E-state index contributed by atoms with van der Waals surface area (Å²) >= 11 is 0. The van der Waals surface area contributed by atoms with Gasteiger partial charge in [-0.1, -0.05) is 17.2 Å². The van der Waals surface area contributed by atoms with Crippen LogP contribution in [0.15, 0.2) is 23.3 Å². The van der Waals surface area contributed by atoms with Gasteiger partial charge in [-0.25, -0.2) is 0 Å². The van der Waals surface area contributed by atoms with E-state index in [1.807, 2.05) is 0 Å². The zero-order valence-electron chi connectivity index (χ0n) is 8.54. The molecule has 1 aromatic rings. The molecule has 84 valence electrons. The van der Waals surface area contributed by atoms with E-state index in [1.54, 1.807) is 18.2 Å². The lowest BCUT2D eigenvalue weighted by molar-refractivity contribution is 0.167. The van der Waals surface area contributed by atoms with Gasteiger partial charge in [0, 0.05) is 10.5 Å². The summed E-state index contributed by atoms with van der Waals surface area (Å²) in [6.07, 6.45) is 0. The van der Waals surface area contributed by atoms with Gasteiger partial charge in [0.05, 0.1) is 12.6 Å². The van der Waals surface area contributed by atoms with Gasteiger partial charge in [0.2, 0.25) is 0 Å². The van der Waals surface area contributed by atoms with Gasteiger partial charge in [-0.05, 0) is 11.6 Å². The van der Waals surface area contributed by atoms with E-state index in [4.69, 9.17) is 20.1 Å². The Bertz CT molecular complexity index is 429. The molecule has 1 aliphatic heterocycles. The van der Waals surface area contributed by atoms with Gasteiger partial charge in [-0.3, -0.25) is 0 Å². The Morgan fingerprint density at radius 1 is 1.44 bits per heavy atom. The van der Waals surface area contributed by atoms with E-state index < -0.39 is 6.04 Å². The topological polar surface area (TPSA) is 87.5 Å². The molecule has 0 saturated carbocycles. The van der Waals surface area contributed by atoms with Crippen molar-refractivity contribution in [3.05, 3.63) is 34.2 Å². The zero-order chi connectivity index (χ0) is 11.4. The number of nitrogens with zero attached hydrogens (tertiary/aromatic N) is 3. The standard InChI is InChI=1S/C10H11N3O3/c11-13-12-8(6-14)7-2-1-3-9-10(7)16-5-4-15-9/h1-3,8,14H,4-6H2. The number of benzene rings is 1. The minimum Gasteiger partial charge on any atom is -0.486 e. The first-order valence-electron chi connectivity index (χ1n) is 4.90. The molecule has 1 unspecified atom stereocenters. The third-order valence-electron chi connectivity index (χ3n) is 2.32. The number of para-hydroxylation sites is 1. The fourth-order valence-corrected chi connectivity index (χ4v) is 1.62. The van der Waals surface area contributed by atoms with Crippen LogP contribution in [0.25, 0.3) is 10.4 Å². The van der Waals surface area contributed by atoms with E-state index in [0.717, 1.165) is 0 Å². The fraction of sp³-hybridized carbons (Fsp3) is 0.400. The van der Waals surface area contributed by atoms with E-state index >= 15 is 0 Å². The van der Waals surface area contributed by atoms with Crippen molar-refractivity contribution in [2.75, 3.05) is 19.8 Å². The second-order valence-corrected chi connectivity index (χ2v) is 3.27. The average molecular weight is 221 g/mol. The van der Waals surface area contributed by atoms with Crippen LogP contribution in [-0.2, 0) is 0 Å². The summed E-state index contributed by atoms with van der Waals surface area (Å²) in [7, 11) is 0. The van der Waals surface area contributed by atoms with E-state index in [1.165, 1.54) is 0 Å². The molecule has 1 heterocycles. The van der Waals surface area contributed by atoms with Crippen LogP contribution >= 0.6 is 0 Å². The Morgan fingerprint density at radius 2 is 2.25 bits per heavy atom. The van der Waals surface area contributed by atoms with Crippen molar-refractivity contribution in [2.45, 2.75) is 6.04 Å². The van der Waals surface area contributed by atoms with Gasteiger partial charge in [-0.2, -0.15) is 0 Å². The molecule has 0 radical (unpaired) electrons. The Morgan fingerprint density at radius 3 is 3.00 bits per heavy atom. The minimum absolute atomic E-state index is 0.260. The highest BCUT2D eigenvalue weighted by Gasteiger charge is 2.20. The molecule has 1 aliphatic rings. The number of fused-ring (bicyclic) bond motifs is 1. The molecule has 0 aromatic heterocycles. The van der Waals surface area contributed by atoms with E-state index in [9.17, 15) is 0 Å². The van der Waals surface area contributed by atoms with Crippen LogP contribution in [0.4, 0.5) is 0 Å². The maximum absolute atomic E-state index is 9.15. The predicted octanol–water partition coefficient (Wildman–Crippen LogP) is 1.80. The molecule has 0 fully saturated rings. The molecule has 1 aromatic carbocycles. The van der Waals surface area contributed by atoms with Gasteiger partial charge in [0.1, 0.15) is 13.2 Å². The second kappa shape index (κ2) is 4.74. The molecule has 6 nitrogen and oxygen atoms in total. The Labute approximate surface area is 92.0 Å². The van der Waals surface area contributed by atoms with Crippen LogP contribution in [0.1, 0.15) is 11.6 Å². The predicted molar refractivity (Wildman–Crippen MR) is 56.4 cm³/mol. The highest BCUT2D eigenvalue weighted by atomic mass is 16.6. The van der Waals surface area contributed by atoms with Gasteiger partial charge < -0.3 is 14.6 Å². The molecule has 0 bridgehead atoms. The SMILES string of the molecule is [N-]=[N+]=NC(CO)c1cccc2c1OCCO2. The van der Waals surface area contributed by atoms with Crippen molar-refractivity contribution in [3.63, 3.8) is 0 Å². The first-order valence-corrected chi connectivity index (χ1v) is 4.90. The van der Waals surface area contributed by atoms with E-state index in [0.29, 0.717) is 30.3 Å². The van der Waals surface area contributed by atoms with Crippen molar-refractivity contribution in [1.29, 1.82) is 0 Å². The van der Waals surface area contributed by atoms with Gasteiger partial charge in [0.25, 0.3) is 0 Å². The summed E-state index contributed by atoms with van der Waals surface area (Å²) in [6.45, 7) is 0.698. The van der Waals surface area contributed by atoms with Gasteiger partial charge >= 0.3 is 0 Å². The van der Waals surface area contributed by atoms with Crippen LogP contribution in [-0.4, -0.2) is 24.9 Å². The van der Waals surface area contributed by atoms with E-state index in [2.05, 4.69) is 10.0 Å². The van der Waals surface area contributed by atoms with Gasteiger partial charge in [0.15, 0.2) is 11.5 Å². The highest BCUT2D eigenvalue weighted by Crippen LogP contribution is 2.37. The maximum atomic E-state index is 9.15. The average Bonchev–Trinajstić information content (AvgIpc) is 2.35. The number of ether oxygens (including phenoxy) is 2. The lowest BCUT2D eigenvalue weighted by Gasteiger charge is -2.22. The third-order valence-corrected chi connectivity index (χ3v) is 2.32. The van der Waals surface area contributed by atoms with E-state index in [-0.39, 0.29) is 6.61 Å². The van der Waals surface area contributed by atoms with Crippen LogP contribution in [0.2, 0.25) is 0 Å². The Kier molecular flexibility index (Phi) is 3.14. The smallest absolute Gasteiger partial charge is 0.165 e. The Hall–Kier alpha value is -1.91. The normalized spacial score (nSPS) is 15.1. The summed E-state index contributed by atoms with van der Waals surface area (Å²) in [5.74, 6) is 1.18. The largest absolute Gasteiger partial charge is 0.486 e. The number of hydrogen-bond donors (Lipinski definition) is 1. The van der Waals surface area contributed by atoms with Crippen molar-refractivity contribution < 1.29 is 14.6 Å². The number of azide groups is 1. The van der Waals surface area contributed by atoms with Crippen molar-refractivity contribution in [2.24, 2.45) is 5.11 Å². The molecule has 0 amide bonds. The fourth-order valence-electron chi connectivity index (χ4n) is 1.62. The highest BCUT2D eigenvalue weighted by molar-refractivity contribution is 5.49. The van der Waals surface area contributed by atoms with Crippen molar-refractivity contribution in [3.8, 4) is 11.5 Å². The monoisotopic (exact) mass is 221 g/mol.